The SMILES string of the molecule is CCN(Cc1ccc(Br)s1)C(=O)[C@H]1CN(C)CCO1. The molecule has 1 aliphatic rings. The smallest absolute Gasteiger partial charge is 0.253 e. The molecule has 1 aromatic rings. The number of nitrogens with zero attached hydrogens (tertiary/aromatic N) is 2. The third-order valence-electron chi connectivity index (χ3n) is 3.21. The summed E-state index contributed by atoms with van der Waals surface area (Å²) in [6.07, 6.45) is -0.317. The Hall–Kier alpha value is -0.430. The lowest BCUT2D eigenvalue weighted by molar-refractivity contribution is -0.149. The summed E-state index contributed by atoms with van der Waals surface area (Å²) in [5.41, 5.74) is 0. The van der Waals surface area contributed by atoms with Crippen molar-refractivity contribution in [2.75, 3.05) is 33.3 Å². The molecule has 0 radical (unpaired) electrons. The van der Waals surface area contributed by atoms with Gasteiger partial charge in [-0.2, -0.15) is 0 Å². The van der Waals surface area contributed by atoms with Gasteiger partial charge in [-0.15, -0.1) is 11.3 Å². The van der Waals surface area contributed by atoms with E-state index in [1.54, 1.807) is 11.3 Å². The van der Waals surface area contributed by atoms with E-state index in [2.05, 4.69) is 26.9 Å². The van der Waals surface area contributed by atoms with Crippen molar-refractivity contribution < 1.29 is 9.53 Å². The van der Waals surface area contributed by atoms with E-state index in [4.69, 9.17) is 4.74 Å². The normalized spacial score (nSPS) is 20.5. The first kappa shape index (κ1) is 15.0. The van der Waals surface area contributed by atoms with Crippen molar-refractivity contribution >= 4 is 33.2 Å². The molecule has 0 spiro atoms. The monoisotopic (exact) mass is 346 g/mol. The molecule has 4 nitrogen and oxygen atoms in total. The van der Waals surface area contributed by atoms with E-state index in [0.29, 0.717) is 26.2 Å². The first-order valence-electron chi connectivity index (χ1n) is 6.43. The quantitative estimate of drug-likeness (QED) is 0.837. The number of thiophene rings is 1. The van der Waals surface area contributed by atoms with Crippen molar-refractivity contribution in [3.8, 4) is 0 Å². The van der Waals surface area contributed by atoms with Gasteiger partial charge >= 0.3 is 0 Å². The molecular weight excluding hydrogens is 328 g/mol. The minimum Gasteiger partial charge on any atom is -0.366 e. The van der Waals surface area contributed by atoms with E-state index >= 15 is 0 Å². The van der Waals surface area contributed by atoms with Crippen molar-refractivity contribution in [2.24, 2.45) is 0 Å². The number of amides is 1. The van der Waals surface area contributed by atoms with Gasteiger partial charge in [0.1, 0.15) is 6.10 Å². The molecular formula is C13H19BrN2O2S. The van der Waals surface area contributed by atoms with Crippen LogP contribution in [0.25, 0.3) is 0 Å². The van der Waals surface area contributed by atoms with Crippen LogP contribution in [0.5, 0.6) is 0 Å². The zero-order chi connectivity index (χ0) is 13.8. The Bertz CT molecular complexity index is 438. The summed E-state index contributed by atoms with van der Waals surface area (Å²) in [5, 5.41) is 0. The number of likely N-dealkylation sites (N-methyl/N-ethyl adjacent to an activating group) is 2. The molecule has 0 aliphatic carbocycles. The maximum Gasteiger partial charge on any atom is 0.253 e. The molecule has 1 aliphatic heterocycles. The summed E-state index contributed by atoms with van der Waals surface area (Å²) in [4.78, 5) is 17.6. The number of hydrogen-bond acceptors (Lipinski definition) is 4. The zero-order valence-corrected chi connectivity index (χ0v) is 13.7. The van der Waals surface area contributed by atoms with Crippen LogP contribution in [0, 0.1) is 0 Å². The lowest BCUT2D eigenvalue weighted by Crippen LogP contribution is -2.49. The minimum absolute atomic E-state index is 0.0959. The number of halogens is 1. The van der Waals surface area contributed by atoms with Gasteiger partial charge in [0, 0.05) is 24.5 Å². The number of ether oxygens (including phenoxy) is 1. The predicted octanol–water partition coefficient (Wildman–Crippen LogP) is 2.19. The van der Waals surface area contributed by atoms with E-state index in [0.717, 1.165) is 10.3 Å². The molecule has 0 unspecified atom stereocenters. The Morgan fingerprint density at radius 2 is 2.42 bits per heavy atom. The highest BCUT2D eigenvalue weighted by Crippen LogP contribution is 2.23. The second-order valence-electron chi connectivity index (χ2n) is 4.68. The van der Waals surface area contributed by atoms with Gasteiger partial charge in [-0.1, -0.05) is 0 Å². The van der Waals surface area contributed by atoms with Gasteiger partial charge in [0.25, 0.3) is 5.91 Å². The van der Waals surface area contributed by atoms with Crippen molar-refractivity contribution in [1.29, 1.82) is 0 Å². The third kappa shape index (κ3) is 4.02. The fourth-order valence-electron chi connectivity index (χ4n) is 2.10. The summed E-state index contributed by atoms with van der Waals surface area (Å²) < 4.78 is 6.69. The van der Waals surface area contributed by atoms with Gasteiger partial charge in [0.15, 0.2) is 0 Å². The molecule has 6 heteroatoms. The molecule has 0 N–H and O–H groups in total. The number of morpholine rings is 1. The van der Waals surface area contributed by atoms with Gasteiger partial charge in [-0.25, -0.2) is 0 Å². The van der Waals surface area contributed by atoms with Crippen LogP contribution in [0.4, 0.5) is 0 Å². The summed E-state index contributed by atoms with van der Waals surface area (Å²) in [5.74, 6) is 0.0959. The van der Waals surface area contributed by atoms with E-state index in [9.17, 15) is 4.79 Å². The van der Waals surface area contributed by atoms with Crippen LogP contribution in [-0.2, 0) is 16.1 Å². The van der Waals surface area contributed by atoms with Crippen LogP contribution < -0.4 is 0 Å². The van der Waals surface area contributed by atoms with E-state index in [1.807, 2.05) is 24.9 Å². The van der Waals surface area contributed by atoms with E-state index in [-0.39, 0.29) is 12.0 Å². The van der Waals surface area contributed by atoms with Crippen LogP contribution in [0.1, 0.15) is 11.8 Å². The van der Waals surface area contributed by atoms with Crippen LogP contribution >= 0.6 is 27.3 Å². The van der Waals surface area contributed by atoms with Crippen LogP contribution in [0.2, 0.25) is 0 Å². The van der Waals surface area contributed by atoms with E-state index < -0.39 is 0 Å². The van der Waals surface area contributed by atoms with Gasteiger partial charge in [-0.05, 0) is 42.0 Å². The summed E-state index contributed by atoms with van der Waals surface area (Å²) in [6, 6.07) is 4.07. The average Bonchev–Trinajstić information content (AvgIpc) is 2.81. The summed E-state index contributed by atoms with van der Waals surface area (Å²) in [7, 11) is 2.02. The zero-order valence-electron chi connectivity index (χ0n) is 11.3. The van der Waals surface area contributed by atoms with Gasteiger partial charge in [0.2, 0.25) is 0 Å². The second kappa shape index (κ2) is 6.83. The van der Waals surface area contributed by atoms with Gasteiger partial charge in [-0.3, -0.25) is 4.79 Å². The third-order valence-corrected chi connectivity index (χ3v) is 4.82. The molecule has 0 aromatic carbocycles. The Kier molecular flexibility index (Phi) is 5.38. The van der Waals surface area contributed by atoms with Crippen molar-refractivity contribution in [3.63, 3.8) is 0 Å². The fraction of sp³-hybridized carbons (Fsp3) is 0.615. The Balaban J connectivity index is 1.98. The second-order valence-corrected chi connectivity index (χ2v) is 7.23. The molecule has 0 saturated carbocycles. The standard InChI is InChI=1S/C13H19BrN2O2S/c1-3-16(8-10-4-5-12(14)19-10)13(17)11-9-15(2)6-7-18-11/h4-5,11H,3,6-9H2,1-2H3/t11-/m1/s1. The van der Waals surface area contributed by atoms with Crippen LogP contribution in [0.15, 0.2) is 15.9 Å². The molecule has 106 valence electrons. The Labute approximate surface area is 126 Å². The minimum atomic E-state index is -0.317. The molecule has 1 saturated heterocycles. The molecule has 2 heterocycles. The predicted molar refractivity (Wildman–Crippen MR) is 80.3 cm³/mol. The van der Waals surface area contributed by atoms with Crippen LogP contribution in [-0.4, -0.2) is 55.1 Å². The Morgan fingerprint density at radius 3 is 3.00 bits per heavy atom. The molecule has 2 rings (SSSR count). The molecule has 0 bridgehead atoms. The Morgan fingerprint density at radius 1 is 1.63 bits per heavy atom. The number of rotatable bonds is 4. The topological polar surface area (TPSA) is 32.8 Å². The number of hydrogen-bond donors (Lipinski definition) is 0. The van der Waals surface area contributed by atoms with Crippen molar-refractivity contribution in [2.45, 2.75) is 19.6 Å². The number of carbonyl (C=O) groups is 1. The average molecular weight is 347 g/mol. The highest BCUT2D eigenvalue weighted by molar-refractivity contribution is 9.11. The van der Waals surface area contributed by atoms with Crippen molar-refractivity contribution in [3.05, 3.63) is 20.8 Å². The fourth-order valence-corrected chi connectivity index (χ4v) is 3.60. The van der Waals surface area contributed by atoms with Gasteiger partial charge in [0.05, 0.1) is 16.9 Å². The lowest BCUT2D eigenvalue weighted by Gasteiger charge is -2.32. The first-order chi connectivity index (χ1) is 9.10. The largest absolute Gasteiger partial charge is 0.366 e. The molecule has 19 heavy (non-hydrogen) atoms. The van der Waals surface area contributed by atoms with Gasteiger partial charge < -0.3 is 14.5 Å². The highest BCUT2D eigenvalue weighted by atomic mass is 79.9. The van der Waals surface area contributed by atoms with Crippen molar-refractivity contribution in [1.82, 2.24) is 9.80 Å². The highest BCUT2D eigenvalue weighted by Gasteiger charge is 2.28. The molecule has 1 amide bonds. The first-order valence-corrected chi connectivity index (χ1v) is 8.04. The summed E-state index contributed by atoms with van der Waals surface area (Å²) in [6.45, 7) is 5.59. The molecule has 1 fully saturated rings. The summed E-state index contributed by atoms with van der Waals surface area (Å²) >= 11 is 5.12. The molecule has 1 atom stereocenters. The lowest BCUT2D eigenvalue weighted by atomic mass is 10.2. The maximum atomic E-state index is 12.5. The maximum absolute atomic E-state index is 12.5. The van der Waals surface area contributed by atoms with E-state index in [1.165, 1.54) is 4.88 Å². The number of carbonyl (C=O) groups excluding carboxylic acids is 1. The van der Waals surface area contributed by atoms with Crippen LogP contribution in [0.3, 0.4) is 0 Å². The molecule has 1 aromatic heterocycles.